The monoisotopic (exact) mass is 287 g/mol. The van der Waals surface area contributed by atoms with E-state index in [4.69, 9.17) is 23.2 Å². The van der Waals surface area contributed by atoms with Crippen molar-refractivity contribution < 1.29 is 4.79 Å². The third kappa shape index (κ3) is 3.83. The molecule has 2 rings (SSSR count). The molecular formula is C12H15Cl2N3O. The first-order chi connectivity index (χ1) is 8.52. The predicted octanol–water partition coefficient (Wildman–Crippen LogP) is 1.75. The van der Waals surface area contributed by atoms with Crippen LogP contribution in [0.4, 0.5) is 0 Å². The van der Waals surface area contributed by atoms with Crippen molar-refractivity contribution in [3.05, 3.63) is 28.0 Å². The van der Waals surface area contributed by atoms with Gasteiger partial charge in [0.2, 0.25) is 5.91 Å². The van der Waals surface area contributed by atoms with Gasteiger partial charge in [0.1, 0.15) is 10.3 Å². The van der Waals surface area contributed by atoms with Crippen molar-refractivity contribution in [3.8, 4) is 0 Å². The van der Waals surface area contributed by atoms with Crippen molar-refractivity contribution in [2.24, 2.45) is 0 Å². The molecule has 0 bridgehead atoms. The van der Waals surface area contributed by atoms with Crippen LogP contribution in [0, 0.1) is 0 Å². The first-order valence-electron chi connectivity index (χ1n) is 5.83. The molecule has 4 nitrogen and oxygen atoms in total. The molecule has 0 aliphatic carbocycles. The molecule has 0 aromatic carbocycles. The number of nitrogens with one attached hydrogen (secondary N) is 1. The Morgan fingerprint density at radius 3 is 2.72 bits per heavy atom. The first kappa shape index (κ1) is 13.6. The molecule has 6 heteroatoms. The normalized spacial score (nSPS) is 20.1. The molecule has 1 amide bonds. The third-order valence-corrected chi connectivity index (χ3v) is 3.33. The Hall–Kier alpha value is -0.840. The van der Waals surface area contributed by atoms with Crippen LogP contribution in [0.2, 0.25) is 10.3 Å². The van der Waals surface area contributed by atoms with Crippen molar-refractivity contribution in [1.82, 2.24) is 15.2 Å². The van der Waals surface area contributed by atoms with Crippen LogP contribution < -0.4 is 5.32 Å². The molecule has 1 atom stereocenters. The topological polar surface area (TPSA) is 45.2 Å². The van der Waals surface area contributed by atoms with Gasteiger partial charge in [0.15, 0.2) is 0 Å². The van der Waals surface area contributed by atoms with Gasteiger partial charge in [-0.1, -0.05) is 23.2 Å². The summed E-state index contributed by atoms with van der Waals surface area (Å²) in [5.74, 6) is -0.00590. The fourth-order valence-electron chi connectivity index (χ4n) is 2.13. The lowest BCUT2D eigenvalue weighted by Crippen LogP contribution is -2.37. The van der Waals surface area contributed by atoms with Crippen molar-refractivity contribution in [2.45, 2.75) is 18.9 Å². The second-order valence-corrected chi connectivity index (χ2v) is 5.39. The zero-order chi connectivity index (χ0) is 13.1. The number of aromatic nitrogens is 1. The van der Waals surface area contributed by atoms with Crippen molar-refractivity contribution in [3.63, 3.8) is 0 Å². The summed E-state index contributed by atoms with van der Waals surface area (Å²) < 4.78 is 0. The predicted molar refractivity (Wildman–Crippen MR) is 72.0 cm³/mol. The molecular weight excluding hydrogens is 273 g/mol. The summed E-state index contributed by atoms with van der Waals surface area (Å²) in [6.45, 7) is 1.93. The van der Waals surface area contributed by atoms with Crippen molar-refractivity contribution in [2.75, 3.05) is 20.1 Å². The number of pyridine rings is 1. The molecule has 1 aliphatic heterocycles. The quantitative estimate of drug-likeness (QED) is 0.862. The van der Waals surface area contributed by atoms with Gasteiger partial charge in [0, 0.05) is 12.6 Å². The highest BCUT2D eigenvalue weighted by atomic mass is 35.5. The van der Waals surface area contributed by atoms with Crippen molar-refractivity contribution >= 4 is 29.1 Å². The molecule has 18 heavy (non-hydrogen) atoms. The van der Waals surface area contributed by atoms with Crippen LogP contribution in [-0.2, 0) is 11.2 Å². The summed E-state index contributed by atoms with van der Waals surface area (Å²) in [4.78, 5) is 17.9. The van der Waals surface area contributed by atoms with E-state index in [-0.39, 0.29) is 18.4 Å². The van der Waals surface area contributed by atoms with Gasteiger partial charge in [-0.25, -0.2) is 4.98 Å². The molecule has 1 aromatic heterocycles. The van der Waals surface area contributed by atoms with E-state index in [1.165, 1.54) is 0 Å². The lowest BCUT2D eigenvalue weighted by molar-refractivity contribution is -0.121. The Bertz CT molecular complexity index is 433. The fourth-order valence-corrected chi connectivity index (χ4v) is 2.64. The summed E-state index contributed by atoms with van der Waals surface area (Å²) in [5, 5.41) is 3.63. The first-order valence-corrected chi connectivity index (χ1v) is 6.58. The number of amides is 1. The maximum atomic E-state index is 11.9. The number of likely N-dealkylation sites (N-methyl/N-ethyl adjacent to an activating group) is 1. The van der Waals surface area contributed by atoms with E-state index in [1.807, 2.05) is 0 Å². The average Bonchev–Trinajstić information content (AvgIpc) is 2.61. The largest absolute Gasteiger partial charge is 0.352 e. The Kier molecular flexibility index (Phi) is 4.43. The maximum Gasteiger partial charge on any atom is 0.224 e. The van der Waals surface area contributed by atoms with Crippen LogP contribution in [0.5, 0.6) is 0 Å². The molecule has 1 aromatic rings. The van der Waals surface area contributed by atoms with E-state index in [2.05, 4.69) is 22.2 Å². The smallest absolute Gasteiger partial charge is 0.224 e. The van der Waals surface area contributed by atoms with Crippen molar-refractivity contribution in [1.29, 1.82) is 0 Å². The number of carbonyl (C=O) groups is 1. The van der Waals surface area contributed by atoms with Gasteiger partial charge in [-0.3, -0.25) is 4.79 Å². The fraction of sp³-hybridized carbons (Fsp3) is 0.500. The standard InChI is InChI=1S/C12H15Cl2N3O/c1-17-3-2-9(7-17)15-12(18)6-8-4-10(13)16-11(14)5-8/h4-5,9H,2-3,6-7H2,1H3,(H,15,18)/t9-/m1/s1. The average molecular weight is 288 g/mol. The van der Waals surface area contributed by atoms with Gasteiger partial charge in [0.05, 0.1) is 6.42 Å². The summed E-state index contributed by atoms with van der Waals surface area (Å²) in [6.07, 6.45) is 1.28. The number of carbonyl (C=O) groups excluding carboxylic acids is 1. The van der Waals surface area contributed by atoms with E-state index in [9.17, 15) is 4.79 Å². The third-order valence-electron chi connectivity index (χ3n) is 2.94. The van der Waals surface area contributed by atoms with Gasteiger partial charge >= 0.3 is 0 Å². The summed E-state index contributed by atoms with van der Waals surface area (Å²) in [5.41, 5.74) is 0.781. The minimum absolute atomic E-state index is 0.00590. The van der Waals surface area contributed by atoms with Gasteiger partial charge < -0.3 is 10.2 Å². The number of hydrogen-bond donors (Lipinski definition) is 1. The Morgan fingerprint density at radius 1 is 1.50 bits per heavy atom. The van der Waals surface area contributed by atoms with E-state index in [1.54, 1.807) is 12.1 Å². The Balaban J connectivity index is 1.90. The molecule has 98 valence electrons. The highest BCUT2D eigenvalue weighted by Gasteiger charge is 2.20. The zero-order valence-corrected chi connectivity index (χ0v) is 11.6. The van der Waals surface area contributed by atoms with E-state index < -0.39 is 0 Å². The molecule has 1 aliphatic rings. The van der Waals surface area contributed by atoms with Crippen LogP contribution in [0.1, 0.15) is 12.0 Å². The molecule has 1 fully saturated rings. The SMILES string of the molecule is CN1CC[C@@H](NC(=O)Cc2cc(Cl)nc(Cl)c2)C1. The van der Waals surface area contributed by atoms with Crippen LogP contribution in [-0.4, -0.2) is 42.0 Å². The van der Waals surface area contributed by atoms with Gasteiger partial charge in [-0.05, 0) is 37.7 Å². The number of rotatable bonds is 3. The van der Waals surface area contributed by atoms with Gasteiger partial charge in [0.25, 0.3) is 0 Å². The van der Waals surface area contributed by atoms with Gasteiger partial charge in [-0.15, -0.1) is 0 Å². The van der Waals surface area contributed by atoms with Crippen LogP contribution in [0.25, 0.3) is 0 Å². The van der Waals surface area contributed by atoms with Crippen LogP contribution >= 0.6 is 23.2 Å². The number of nitrogens with zero attached hydrogens (tertiary/aromatic N) is 2. The number of likely N-dealkylation sites (tertiary alicyclic amines) is 1. The molecule has 0 saturated carbocycles. The molecule has 1 saturated heterocycles. The molecule has 0 unspecified atom stereocenters. The summed E-state index contributed by atoms with van der Waals surface area (Å²) >= 11 is 11.6. The molecule has 2 heterocycles. The van der Waals surface area contributed by atoms with E-state index >= 15 is 0 Å². The number of hydrogen-bond acceptors (Lipinski definition) is 3. The zero-order valence-electron chi connectivity index (χ0n) is 10.1. The molecule has 0 radical (unpaired) electrons. The highest BCUT2D eigenvalue weighted by Crippen LogP contribution is 2.15. The second-order valence-electron chi connectivity index (χ2n) is 4.61. The lowest BCUT2D eigenvalue weighted by atomic mass is 10.1. The highest BCUT2D eigenvalue weighted by molar-refractivity contribution is 6.32. The minimum atomic E-state index is -0.00590. The number of halogens is 2. The Morgan fingerprint density at radius 2 is 2.17 bits per heavy atom. The summed E-state index contributed by atoms with van der Waals surface area (Å²) in [7, 11) is 2.05. The maximum absolute atomic E-state index is 11.9. The van der Waals surface area contributed by atoms with Crippen LogP contribution in [0.3, 0.4) is 0 Å². The Labute approximate surface area is 116 Å². The van der Waals surface area contributed by atoms with E-state index in [0.29, 0.717) is 10.3 Å². The minimum Gasteiger partial charge on any atom is -0.352 e. The molecule has 1 N–H and O–H groups in total. The van der Waals surface area contributed by atoms with E-state index in [0.717, 1.165) is 25.1 Å². The van der Waals surface area contributed by atoms with Crippen LogP contribution in [0.15, 0.2) is 12.1 Å². The second kappa shape index (κ2) is 5.87. The summed E-state index contributed by atoms with van der Waals surface area (Å²) in [6, 6.07) is 3.57. The lowest BCUT2D eigenvalue weighted by Gasteiger charge is -2.12. The van der Waals surface area contributed by atoms with Gasteiger partial charge in [-0.2, -0.15) is 0 Å². The molecule has 0 spiro atoms.